The Bertz CT molecular complexity index is 1290. The van der Waals surface area contributed by atoms with E-state index < -0.39 is 42.5 Å². The van der Waals surface area contributed by atoms with Crippen molar-refractivity contribution in [1.82, 2.24) is 24.9 Å². The third-order valence-electron chi connectivity index (χ3n) is 5.91. The lowest BCUT2D eigenvalue weighted by Crippen LogP contribution is -2.25. The first-order valence-corrected chi connectivity index (χ1v) is 12.2. The molecule has 1 aromatic carbocycles. The average molecular weight is 564 g/mol. The Hall–Kier alpha value is -3.22. The van der Waals surface area contributed by atoms with Crippen molar-refractivity contribution in [2.24, 2.45) is 7.05 Å². The van der Waals surface area contributed by atoms with Gasteiger partial charge in [0.05, 0.1) is 23.4 Å². The molecule has 1 atom stereocenters. The summed E-state index contributed by atoms with van der Waals surface area (Å²) in [4.78, 5) is 12.5. The first-order chi connectivity index (χ1) is 18.0. The highest BCUT2D eigenvalue weighted by Gasteiger charge is 2.42. The fourth-order valence-electron chi connectivity index (χ4n) is 3.80. The smallest absolute Gasteiger partial charge is 0.425 e. The van der Waals surface area contributed by atoms with Gasteiger partial charge in [-0.3, -0.25) is 4.79 Å². The first kappa shape index (κ1) is 27.8. The van der Waals surface area contributed by atoms with Crippen LogP contribution in [0.25, 0.3) is 16.9 Å². The number of alkyl halides is 6. The molecule has 14 heteroatoms. The van der Waals surface area contributed by atoms with Gasteiger partial charge >= 0.3 is 6.18 Å². The van der Waals surface area contributed by atoms with Crippen molar-refractivity contribution in [3.8, 4) is 22.8 Å². The molecular weight excluding hydrogens is 540 g/mol. The summed E-state index contributed by atoms with van der Waals surface area (Å²) in [7, 11) is 1.29. The van der Waals surface area contributed by atoms with E-state index >= 15 is 0 Å². The molecule has 0 aliphatic heterocycles. The average Bonchev–Trinajstić information content (AvgIpc) is 3.40. The number of carbonyl (C=O) groups excluding carboxylic acids is 1. The molecule has 1 fully saturated rings. The maximum atomic E-state index is 14.0. The van der Waals surface area contributed by atoms with Crippen LogP contribution >= 0.6 is 11.6 Å². The number of amides is 1. The summed E-state index contributed by atoms with van der Waals surface area (Å²) in [6.45, 7) is -0.268. The molecule has 3 aromatic rings. The van der Waals surface area contributed by atoms with E-state index in [4.69, 9.17) is 16.3 Å². The van der Waals surface area contributed by atoms with E-state index in [0.717, 1.165) is 22.2 Å². The van der Waals surface area contributed by atoms with Gasteiger partial charge in [-0.2, -0.15) is 18.3 Å². The molecule has 0 spiro atoms. The number of aryl methyl sites for hydroxylation is 1. The number of hydrogen-bond donors (Lipinski definition) is 1. The second-order valence-corrected chi connectivity index (χ2v) is 9.34. The molecule has 206 valence electrons. The van der Waals surface area contributed by atoms with E-state index in [1.807, 2.05) is 0 Å². The maximum Gasteiger partial charge on any atom is 0.425 e. The molecule has 7 nitrogen and oxygen atoms in total. The second kappa shape index (κ2) is 11.3. The second-order valence-electron chi connectivity index (χ2n) is 8.94. The van der Waals surface area contributed by atoms with Crippen LogP contribution < -0.4 is 10.1 Å². The summed E-state index contributed by atoms with van der Waals surface area (Å²) in [5.74, 6) is -1.46. The lowest BCUT2D eigenvalue weighted by atomic mass is 10.1. The van der Waals surface area contributed by atoms with E-state index in [1.54, 1.807) is 12.1 Å². The number of unbranched alkanes of at least 4 members (excludes halogenated alkanes) is 1. The van der Waals surface area contributed by atoms with Crippen molar-refractivity contribution in [2.45, 2.75) is 56.9 Å². The standard InChI is InChI=1S/C24H24ClF6N5O2/c1-35-23(19(24(29,30)31)22(34-35)38-9-3-2-4-18(26)20(27)28)36-12-14(11-32-36)13-5-8-17(25)16(10-13)21(37)33-15-6-7-15/h5,8,10-12,15,18,20H,2-4,6-7,9H2,1H3,(H,33,37). The Morgan fingerprint density at radius 3 is 2.61 bits per heavy atom. The van der Waals surface area contributed by atoms with Gasteiger partial charge in [0, 0.05) is 24.8 Å². The van der Waals surface area contributed by atoms with Crippen molar-refractivity contribution < 1.29 is 35.9 Å². The molecule has 0 bridgehead atoms. The summed E-state index contributed by atoms with van der Waals surface area (Å²) < 4.78 is 86.8. The van der Waals surface area contributed by atoms with Gasteiger partial charge < -0.3 is 10.1 Å². The summed E-state index contributed by atoms with van der Waals surface area (Å²) in [5, 5.41) is 11.0. The van der Waals surface area contributed by atoms with Crippen molar-refractivity contribution in [3.63, 3.8) is 0 Å². The highest BCUT2D eigenvalue weighted by molar-refractivity contribution is 6.34. The molecule has 2 heterocycles. The summed E-state index contributed by atoms with van der Waals surface area (Å²) in [6, 6.07) is 4.81. The van der Waals surface area contributed by atoms with Gasteiger partial charge in [0.15, 0.2) is 17.6 Å². The molecule has 1 N–H and O–H groups in total. The molecule has 38 heavy (non-hydrogen) atoms. The molecular formula is C24H24ClF6N5O2. The van der Waals surface area contributed by atoms with Crippen LogP contribution in [-0.2, 0) is 13.2 Å². The van der Waals surface area contributed by atoms with E-state index in [2.05, 4.69) is 15.5 Å². The topological polar surface area (TPSA) is 74.0 Å². The Morgan fingerprint density at radius 2 is 1.95 bits per heavy atom. The summed E-state index contributed by atoms with van der Waals surface area (Å²) in [6.07, 6.45) is -6.13. The number of hydrogen-bond acceptors (Lipinski definition) is 4. The van der Waals surface area contributed by atoms with E-state index in [9.17, 15) is 31.1 Å². The van der Waals surface area contributed by atoms with Gasteiger partial charge in [0.25, 0.3) is 12.3 Å². The molecule has 1 aliphatic carbocycles. The summed E-state index contributed by atoms with van der Waals surface area (Å²) >= 11 is 6.18. The zero-order chi connectivity index (χ0) is 27.6. The highest BCUT2D eigenvalue weighted by Crippen LogP contribution is 2.40. The van der Waals surface area contributed by atoms with Crippen LogP contribution in [0.3, 0.4) is 0 Å². The van der Waals surface area contributed by atoms with E-state index in [1.165, 1.54) is 25.5 Å². The minimum atomic E-state index is -4.86. The molecule has 1 amide bonds. The molecule has 1 saturated carbocycles. The number of aromatic nitrogens is 4. The minimum absolute atomic E-state index is 0.0107. The van der Waals surface area contributed by atoms with Crippen molar-refractivity contribution in [2.75, 3.05) is 6.61 Å². The molecule has 1 unspecified atom stereocenters. The van der Waals surface area contributed by atoms with E-state index in [0.29, 0.717) is 11.1 Å². The zero-order valence-corrected chi connectivity index (χ0v) is 20.9. The number of rotatable bonds is 11. The predicted octanol–water partition coefficient (Wildman–Crippen LogP) is 5.99. The Labute approximate surface area is 218 Å². The Balaban J connectivity index is 1.55. The molecule has 1 aliphatic rings. The monoisotopic (exact) mass is 563 g/mol. The van der Waals surface area contributed by atoms with Crippen molar-refractivity contribution in [1.29, 1.82) is 0 Å². The fourth-order valence-corrected chi connectivity index (χ4v) is 4.00. The van der Waals surface area contributed by atoms with Crippen LogP contribution in [0, 0.1) is 0 Å². The Morgan fingerprint density at radius 1 is 1.21 bits per heavy atom. The van der Waals surface area contributed by atoms with Crippen LogP contribution in [0.5, 0.6) is 5.88 Å². The van der Waals surface area contributed by atoms with Gasteiger partial charge in [-0.1, -0.05) is 17.7 Å². The summed E-state index contributed by atoms with van der Waals surface area (Å²) in [5.41, 5.74) is 0.0114. The number of nitrogens with zero attached hydrogens (tertiary/aromatic N) is 4. The van der Waals surface area contributed by atoms with Gasteiger partial charge in [-0.25, -0.2) is 22.5 Å². The van der Waals surface area contributed by atoms with Crippen molar-refractivity contribution in [3.05, 3.63) is 46.7 Å². The fraction of sp³-hybridized carbons (Fsp3) is 0.458. The minimum Gasteiger partial charge on any atom is -0.476 e. The highest BCUT2D eigenvalue weighted by atomic mass is 35.5. The van der Waals surface area contributed by atoms with Gasteiger partial charge in [-0.05, 0) is 49.8 Å². The quantitative estimate of drug-likeness (QED) is 0.230. The molecule has 0 radical (unpaired) electrons. The van der Waals surface area contributed by atoms with Crippen LogP contribution in [0.15, 0.2) is 30.6 Å². The molecule has 4 rings (SSSR count). The van der Waals surface area contributed by atoms with Gasteiger partial charge in [0.1, 0.15) is 0 Å². The maximum absolute atomic E-state index is 14.0. The van der Waals surface area contributed by atoms with Crippen LogP contribution in [0.4, 0.5) is 26.3 Å². The van der Waals surface area contributed by atoms with Crippen molar-refractivity contribution >= 4 is 17.5 Å². The third kappa shape index (κ3) is 6.43. The largest absolute Gasteiger partial charge is 0.476 e. The van der Waals surface area contributed by atoms with Crippen LogP contribution in [0.2, 0.25) is 5.02 Å². The van der Waals surface area contributed by atoms with Gasteiger partial charge in [-0.15, -0.1) is 5.10 Å². The predicted molar refractivity (Wildman–Crippen MR) is 127 cm³/mol. The van der Waals surface area contributed by atoms with Crippen LogP contribution in [0.1, 0.15) is 48.0 Å². The van der Waals surface area contributed by atoms with E-state index in [-0.39, 0.29) is 42.0 Å². The normalized spacial score (nSPS) is 14.7. The third-order valence-corrected chi connectivity index (χ3v) is 6.24. The number of benzene rings is 1. The number of nitrogens with one attached hydrogen (secondary N) is 1. The Kier molecular flexibility index (Phi) is 8.24. The van der Waals surface area contributed by atoms with Crippen LogP contribution in [-0.4, -0.2) is 50.7 Å². The lowest BCUT2D eigenvalue weighted by Gasteiger charge is -2.11. The van der Waals surface area contributed by atoms with Gasteiger partial charge in [0.2, 0.25) is 5.88 Å². The number of ether oxygens (including phenoxy) is 1. The SMILES string of the molecule is Cn1nc(OCCCCC(F)C(F)F)c(C(F)(F)F)c1-n1cc(-c2ccc(Cl)c(C(=O)NC3CC3)c2)cn1. The molecule has 0 saturated heterocycles. The number of halogens is 7. The molecule has 2 aromatic heterocycles. The number of carbonyl (C=O) groups is 1. The lowest BCUT2D eigenvalue weighted by molar-refractivity contribution is -0.139. The first-order valence-electron chi connectivity index (χ1n) is 11.8. The zero-order valence-electron chi connectivity index (χ0n) is 20.1.